The van der Waals surface area contributed by atoms with E-state index in [0.29, 0.717) is 29.5 Å². The van der Waals surface area contributed by atoms with Crippen LogP contribution in [0.15, 0.2) is 52.7 Å². The number of sulfonamides is 1. The number of non-ortho nitro benzene ring substituents is 1. The second kappa shape index (κ2) is 8.50. The van der Waals surface area contributed by atoms with Gasteiger partial charge >= 0.3 is 0 Å². The zero-order chi connectivity index (χ0) is 22.2. The molecule has 4 rings (SSSR count). The molecule has 0 radical (unpaired) electrons. The van der Waals surface area contributed by atoms with E-state index in [-0.39, 0.29) is 28.7 Å². The van der Waals surface area contributed by atoms with Crippen LogP contribution in [0.4, 0.5) is 15.2 Å². The maximum Gasteiger partial charge on any atom is 0.270 e. The number of rotatable bonds is 5. The van der Waals surface area contributed by atoms with Crippen LogP contribution >= 0.6 is 22.9 Å². The first-order chi connectivity index (χ1) is 14.7. The van der Waals surface area contributed by atoms with Crippen molar-refractivity contribution in [3.8, 4) is 11.3 Å². The molecule has 8 nitrogen and oxygen atoms in total. The highest BCUT2D eigenvalue weighted by Crippen LogP contribution is 2.31. The molecule has 1 aliphatic heterocycles. The fourth-order valence-corrected chi connectivity index (χ4v) is 5.84. The molecule has 0 aliphatic carbocycles. The maximum absolute atomic E-state index is 13.6. The van der Waals surface area contributed by atoms with Crippen molar-refractivity contribution in [3.05, 3.63) is 68.8 Å². The molecule has 12 heteroatoms. The van der Waals surface area contributed by atoms with Gasteiger partial charge in [0.2, 0.25) is 10.0 Å². The number of anilines is 1. The van der Waals surface area contributed by atoms with Gasteiger partial charge in [-0.1, -0.05) is 17.7 Å². The van der Waals surface area contributed by atoms with Crippen molar-refractivity contribution in [2.24, 2.45) is 0 Å². The minimum Gasteiger partial charge on any atom is -0.345 e. The molecule has 0 atom stereocenters. The van der Waals surface area contributed by atoms with Gasteiger partial charge in [0.1, 0.15) is 5.82 Å². The Morgan fingerprint density at radius 1 is 1.13 bits per heavy atom. The topological polar surface area (TPSA) is 96.6 Å². The molecule has 2 heterocycles. The highest BCUT2D eigenvalue weighted by Gasteiger charge is 2.30. The number of halogens is 2. The molecule has 2 aromatic carbocycles. The summed E-state index contributed by atoms with van der Waals surface area (Å²) < 4.78 is 40.7. The summed E-state index contributed by atoms with van der Waals surface area (Å²) in [5, 5.41) is 13.7. The quantitative estimate of drug-likeness (QED) is 0.402. The molecule has 0 amide bonds. The van der Waals surface area contributed by atoms with Crippen molar-refractivity contribution >= 4 is 43.8 Å². The van der Waals surface area contributed by atoms with Gasteiger partial charge in [0.05, 0.1) is 15.5 Å². The molecule has 31 heavy (non-hydrogen) atoms. The summed E-state index contributed by atoms with van der Waals surface area (Å²) in [6.45, 7) is 1.24. The van der Waals surface area contributed by atoms with Crippen molar-refractivity contribution in [2.75, 3.05) is 31.1 Å². The third-order valence-corrected chi connectivity index (χ3v) is 7.84. The van der Waals surface area contributed by atoms with Crippen LogP contribution in [0.3, 0.4) is 0 Å². The van der Waals surface area contributed by atoms with E-state index in [9.17, 15) is 22.9 Å². The number of nitrogens with zero attached hydrogens (tertiary/aromatic N) is 4. The number of aromatic nitrogens is 1. The summed E-state index contributed by atoms with van der Waals surface area (Å²) in [4.78, 5) is 16.7. The minimum atomic E-state index is -3.84. The number of thiazole rings is 1. The van der Waals surface area contributed by atoms with Gasteiger partial charge in [0.15, 0.2) is 5.13 Å². The summed E-state index contributed by atoms with van der Waals surface area (Å²) in [6.07, 6.45) is 0. The maximum atomic E-state index is 13.6. The van der Waals surface area contributed by atoms with Crippen molar-refractivity contribution in [1.29, 1.82) is 0 Å². The summed E-state index contributed by atoms with van der Waals surface area (Å²) in [5.41, 5.74) is 0.889. The van der Waals surface area contributed by atoms with E-state index in [0.717, 1.165) is 6.07 Å². The van der Waals surface area contributed by atoms with Crippen LogP contribution in [0, 0.1) is 15.9 Å². The average molecular weight is 483 g/mol. The molecule has 0 saturated carbocycles. The van der Waals surface area contributed by atoms with Crippen molar-refractivity contribution < 1.29 is 17.7 Å². The van der Waals surface area contributed by atoms with Crippen LogP contribution in [0.5, 0.6) is 0 Å². The van der Waals surface area contributed by atoms with Gasteiger partial charge in [-0.3, -0.25) is 10.1 Å². The molecular formula is C19H16ClFN4O4S2. The smallest absolute Gasteiger partial charge is 0.270 e. The van der Waals surface area contributed by atoms with E-state index in [2.05, 4.69) is 4.98 Å². The van der Waals surface area contributed by atoms with Crippen molar-refractivity contribution in [2.45, 2.75) is 4.90 Å². The highest BCUT2D eigenvalue weighted by atomic mass is 35.5. The number of piperazine rings is 1. The Morgan fingerprint density at radius 3 is 2.55 bits per heavy atom. The van der Waals surface area contributed by atoms with Crippen molar-refractivity contribution in [1.82, 2.24) is 9.29 Å². The molecule has 1 saturated heterocycles. The molecule has 1 fully saturated rings. The second-order valence-electron chi connectivity index (χ2n) is 6.82. The standard InChI is InChI=1S/C19H16ClFN4O4S2/c20-14-8-13(9-15(21)10-14)18-12-30-19(22-18)23-4-6-24(7-5-23)31(28,29)17-3-1-2-16(11-17)25(26)27/h1-3,8-12H,4-7H2. The Morgan fingerprint density at radius 2 is 1.87 bits per heavy atom. The zero-order valence-electron chi connectivity index (χ0n) is 15.9. The summed E-state index contributed by atoms with van der Waals surface area (Å²) in [7, 11) is -3.84. The van der Waals surface area contributed by atoms with E-state index in [1.165, 1.54) is 46.0 Å². The normalized spacial score (nSPS) is 15.2. The van der Waals surface area contributed by atoms with Gasteiger partial charge in [-0.2, -0.15) is 4.31 Å². The lowest BCUT2D eigenvalue weighted by atomic mass is 10.2. The first-order valence-corrected chi connectivity index (χ1v) is 11.9. The number of hydrogen-bond donors (Lipinski definition) is 0. The fraction of sp³-hybridized carbons (Fsp3) is 0.211. The monoisotopic (exact) mass is 482 g/mol. The van der Waals surface area contributed by atoms with Crippen LogP contribution in [-0.4, -0.2) is 48.8 Å². The Kier molecular flexibility index (Phi) is 5.93. The average Bonchev–Trinajstić information content (AvgIpc) is 3.24. The van der Waals surface area contributed by atoms with E-state index in [1.807, 2.05) is 4.90 Å². The summed E-state index contributed by atoms with van der Waals surface area (Å²) in [5.74, 6) is -0.447. The molecule has 0 N–H and O–H groups in total. The largest absolute Gasteiger partial charge is 0.345 e. The Hall–Kier alpha value is -2.60. The highest BCUT2D eigenvalue weighted by molar-refractivity contribution is 7.89. The molecule has 1 aliphatic rings. The second-order valence-corrected chi connectivity index (χ2v) is 10.0. The van der Waals surface area contributed by atoms with E-state index in [4.69, 9.17) is 11.6 Å². The number of nitro benzene ring substituents is 1. The fourth-order valence-electron chi connectivity index (χ4n) is 3.27. The molecule has 1 aromatic heterocycles. The van der Waals surface area contributed by atoms with Gasteiger partial charge in [0.25, 0.3) is 5.69 Å². The lowest BCUT2D eigenvalue weighted by Crippen LogP contribution is -2.48. The van der Waals surface area contributed by atoms with Crippen LogP contribution < -0.4 is 4.90 Å². The first-order valence-electron chi connectivity index (χ1n) is 9.15. The van der Waals surface area contributed by atoms with Gasteiger partial charge < -0.3 is 4.90 Å². The Labute approximate surface area is 186 Å². The number of hydrogen-bond acceptors (Lipinski definition) is 7. The molecular weight excluding hydrogens is 467 g/mol. The van der Waals surface area contributed by atoms with Crippen LogP contribution in [0.25, 0.3) is 11.3 Å². The minimum absolute atomic E-state index is 0.102. The van der Waals surface area contributed by atoms with Gasteiger partial charge in [-0.25, -0.2) is 17.8 Å². The number of benzene rings is 2. The predicted molar refractivity (Wildman–Crippen MR) is 117 cm³/mol. The van der Waals surface area contributed by atoms with E-state index >= 15 is 0 Å². The molecule has 0 bridgehead atoms. The lowest BCUT2D eigenvalue weighted by molar-refractivity contribution is -0.385. The van der Waals surface area contributed by atoms with Crippen LogP contribution in [0.2, 0.25) is 5.02 Å². The molecule has 3 aromatic rings. The van der Waals surface area contributed by atoms with E-state index < -0.39 is 20.8 Å². The molecule has 162 valence electrons. The predicted octanol–water partition coefficient (Wildman–Crippen LogP) is 4.02. The summed E-state index contributed by atoms with van der Waals surface area (Å²) in [6, 6.07) is 9.24. The first kappa shape index (κ1) is 21.6. The zero-order valence-corrected chi connectivity index (χ0v) is 18.3. The Balaban J connectivity index is 1.47. The number of nitro groups is 1. The van der Waals surface area contributed by atoms with Crippen LogP contribution in [-0.2, 0) is 10.0 Å². The SMILES string of the molecule is O=[N+]([O-])c1cccc(S(=O)(=O)N2CCN(c3nc(-c4cc(F)cc(Cl)c4)cs3)CC2)c1. The third-order valence-electron chi connectivity index (χ3n) is 4.83. The third kappa shape index (κ3) is 4.54. The van der Waals surface area contributed by atoms with Crippen molar-refractivity contribution in [3.63, 3.8) is 0 Å². The molecule has 0 spiro atoms. The van der Waals surface area contributed by atoms with Gasteiger partial charge in [-0.05, 0) is 24.3 Å². The lowest BCUT2D eigenvalue weighted by Gasteiger charge is -2.33. The Bertz CT molecular complexity index is 1220. The van der Waals surface area contributed by atoms with E-state index in [1.54, 1.807) is 11.4 Å². The van der Waals surface area contributed by atoms with Gasteiger partial charge in [-0.15, -0.1) is 11.3 Å². The molecule has 0 unspecified atom stereocenters. The van der Waals surface area contributed by atoms with Crippen LogP contribution in [0.1, 0.15) is 0 Å². The summed E-state index contributed by atoms with van der Waals surface area (Å²) >= 11 is 7.30. The van der Waals surface area contributed by atoms with Gasteiger partial charge in [0, 0.05) is 54.3 Å².